The quantitative estimate of drug-likeness (QED) is 0.512. The highest BCUT2D eigenvalue weighted by molar-refractivity contribution is 5.98. The van der Waals surface area contributed by atoms with Gasteiger partial charge in [-0.2, -0.15) is 0 Å². The van der Waals surface area contributed by atoms with E-state index in [0.29, 0.717) is 30.2 Å². The highest BCUT2D eigenvalue weighted by atomic mass is 16.5. The van der Waals surface area contributed by atoms with Crippen LogP contribution in [0.1, 0.15) is 17.3 Å². The fraction of sp³-hybridized carbons (Fsp3) is 0.200. The molecule has 2 amide bonds. The van der Waals surface area contributed by atoms with Crippen LogP contribution in [-0.2, 0) is 9.53 Å². The summed E-state index contributed by atoms with van der Waals surface area (Å²) in [6, 6.07) is 24.4. The third kappa shape index (κ3) is 6.42. The zero-order valence-corrected chi connectivity index (χ0v) is 17.6. The largest absolute Gasteiger partial charge is 0.481 e. The van der Waals surface area contributed by atoms with E-state index in [1.54, 1.807) is 38.3 Å². The number of ether oxygens (including phenoxy) is 2. The second-order valence-electron chi connectivity index (χ2n) is 6.97. The van der Waals surface area contributed by atoms with Crippen LogP contribution in [0, 0.1) is 0 Å². The van der Waals surface area contributed by atoms with Gasteiger partial charge in [0.2, 0.25) is 0 Å². The van der Waals surface area contributed by atoms with Crippen molar-refractivity contribution in [3.8, 4) is 16.9 Å². The van der Waals surface area contributed by atoms with Gasteiger partial charge in [0.05, 0.1) is 6.61 Å². The molecule has 3 aromatic rings. The van der Waals surface area contributed by atoms with Gasteiger partial charge in [0.15, 0.2) is 6.10 Å². The second kappa shape index (κ2) is 10.9. The minimum Gasteiger partial charge on any atom is -0.481 e. The molecule has 0 spiro atoms. The number of methoxy groups -OCH3 is 1. The molecule has 0 aliphatic rings. The molecule has 6 nitrogen and oxygen atoms in total. The van der Waals surface area contributed by atoms with Gasteiger partial charge in [0, 0.05) is 24.9 Å². The van der Waals surface area contributed by atoms with E-state index in [1.807, 2.05) is 54.6 Å². The van der Waals surface area contributed by atoms with Crippen LogP contribution in [0.5, 0.6) is 5.75 Å². The summed E-state index contributed by atoms with van der Waals surface area (Å²) in [7, 11) is 1.57. The standard InChI is InChI=1S/C25H26N2O4/c1-18(31-23-13-11-20(12-14-23)19-7-4-3-5-8-19)24(28)27-22-10-6-9-21(17-22)25(29)26-15-16-30-2/h3-14,17-18H,15-16H2,1-2H3,(H,26,29)(H,27,28). The Labute approximate surface area is 182 Å². The van der Waals surface area contributed by atoms with Gasteiger partial charge in [-0.1, -0.05) is 48.5 Å². The number of nitrogens with one attached hydrogen (secondary N) is 2. The Kier molecular flexibility index (Phi) is 7.79. The number of hydrogen-bond donors (Lipinski definition) is 2. The lowest BCUT2D eigenvalue weighted by Crippen LogP contribution is -2.30. The molecular formula is C25H26N2O4. The van der Waals surface area contributed by atoms with Crippen LogP contribution in [-0.4, -0.2) is 38.2 Å². The molecule has 1 atom stereocenters. The van der Waals surface area contributed by atoms with Crippen molar-refractivity contribution in [2.24, 2.45) is 0 Å². The van der Waals surface area contributed by atoms with Crippen molar-refractivity contribution < 1.29 is 19.1 Å². The van der Waals surface area contributed by atoms with Crippen molar-refractivity contribution in [3.05, 3.63) is 84.4 Å². The molecule has 2 N–H and O–H groups in total. The minimum absolute atomic E-state index is 0.226. The van der Waals surface area contributed by atoms with Gasteiger partial charge in [-0.3, -0.25) is 9.59 Å². The van der Waals surface area contributed by atoms with E-state index >= 15 is 0 Å². The summed E-state index contributed by atoms with van der Waals surface area (Å²) in [6.07, 6.45) is -0.707. The topological polar surface area (TPSA) is 76.7 Å². The molecule has 0 radical (unpaired) electrons. The average molecular weight is 418 g/mol. The summed E-state index contributed by atoms with van der Waals surface area (Å²) in [6.45, 7) is 2.53. The van der Waals surface area contributed by atoms with E-state index in [-0.39, 0.29) is 11.8 Å². The predicted octanol–water partition coefficient (Wildman–Crippen LogP) is 4.14. The van der Waals surface area contributed by atoms with Crippen LogP contribution in [0.15, 0.2) is 78.9 Å². The number of carbonyl (C=O) groups excluding carboxylic acids is 2. The molecule has 3 aromatic carbocycles. The molecule has 6 heteroatoms. The van der Waals surface area contributed by atoms with Crippen LogP contribution in [0.2, 0.25) is 0 Å². The molecule has 0 bridgehead atoms. The van der Waals surface area contributed by atoms with Crippen LogP contribution in [0.3, 0.4) is 0 Å². The van der Waals surface area contributed by atoms with E-state index in [4.69, 9.17) is 9.47 Å². The van der Waals surface area contributed by atoms with Gasteiger partial charge >= 0.3 is 0 Å². The first kappa shape index (κ1) is 22.1. The summed E-state index contributed by atoms with van der Waals surface area (Å²) in [5, 5.41) is 5.54. The van der Waals surface area contributed by atoms with Crippen molar-refractivity contribution in [3.63, 3.8) is 0 Å². The Morgan fingerprint density at radius 2 is 1.61 bits per heavy atom. The summed E-state index contributed by atoms with van der Waals surface area (Å²) < 4.78 is 10.7. The van der Waals surface area contributed by atoms with Crippen LogP contribution in [0.25, 0.3) is 11.1 Å². The van der Waals surface area contributed by atoms with E-state index < -0.39 is 6.10 Å². The fourth-order valence-electron chi connectivity index (χ4n) is 2.96. The van der Waals surface area contributed by atoms with Gasteiger partial charge in [-0.05, 0) is 48.4 Å². The minimum atomic E-state index is -0.707. The van der Waals surface area contributed by atoms with Crippen LogP contribution < -0.4 is 15.4 Å². The molecule has 0 saturated heterocycles. The summed E-state index contributed by atoms with van der Waals surface area (Å²) in [5.41, 5.74) is 3.18. The van der Waals surface area contributed by atoms with E-state index in [1.165, 1.54) is 0 Å². The van der Waals surface area contributed by atoms with E-state index in [0.717, 1.165) is 11.1 Å². The molecule has 1 unspecified atom stereocenters. The fourth-order valence-corrected chi connectivity index (χ4v) is 2.96. The highest BCUT2D eigenvalue weighted by Crippen LogP contribution is 2.23. The zero-order valence-electron chi connectivity index (χ0n) is 17.6. The number of benzene rings is 3. The van der Waals surface area contributed by atoms with Crippen molar-refractivity contribution in [2.75, 3.05) is 25.6 Å². The lowest BCUT2D eigenvalue weighted by Gasteiger charge is -2.15. The summed E-state index contributed by atoms with van der Waals surface area (Å²) >= 11 is 0. The molecular weight excluding hydrogens is 392 g/mol. The normalized spacial score (nSPS) is 11.4. The van der Waals surface area contributed by atoms with Gasteiger partial charge in [-0.15, -0.1) is 0 Å². The SMILES string of the molecule is COCCNC(=O)c1cccc(NC(=O)C(C)Oc2ccc(-c3ccccc3)cc2)c1. The third-order valence-electron chi connectivity index (χ3n) is 4.63. The Balaban J connectivity index is 1.57. The highest BCUT2D eigenvalue weighted by Gasteiger charge is 2.16. The number of amides is 2. The second-order valence-corrected chi connectivity index (χ2v) is 6.97. The van der Waals surface area contributed by atoms with Crippen molar-refractivity contribution in [1.82, 2.24) is 5.32 Å². The van der Waals surface area contributed by atoms with E-state index in [9.17, 15) is 9.59 Å². The molecule has 3 rings (SSSR count). The molecule has 0 fully saturated rings. The number of hydrogen-bond acceptors (Lipinski definition) is 4. The third-order valence-corrected chi connectivity index (χ3v) is 4.63. The molecule has 0 aliphatic heterocycles. The van der Waals surface area contributed by atoms with Crippen molar-refractivity contribution in [2.45, 2.75) is 13.0 Å². The molecule has 0 heterocycles. The first-order chi connectivity index (χ1) is 15.1. The first-order valence-electron chi connectivity index (χ1n) is 10.1. The Morgan fingerprint density at radius 1 is 0.903 bits per heavy atom. The molecule has 0 aromatic heterocycles. The van der Waals surface area contributed by atoms with Crippen LogP contribution >= 0.6 is 0 Å². The van der Waals surface area contributed by atoms with Gasteiger partial charge < -0.3 is 20.1 Å². The Hall–Kier alpha value is -3.64. The van der Waals surface area contributed by atoms with Crippen LogP contribution in [0.4, 0.5) is 5.69 Å². The lowest BCUT2D eigenvalue weighted by atomic mass is 10.1. The number of rotatable bonds is 9. The summed E-state index contributed by atoms with van der Waals surface area (Å²) in [4.78, 5) is 24.7. The Bertz CT molecular complexity index is 1000. The molecule has 160 valence electrons. The maximum Gasteiger partial charge on any atom is 0.265 e. The summed E-state index contributed by atoms with van der Waals surface area (Å²) in [5.74, 6) is 0.0774. The van der Waals surface area contributed by atoms with Gasteiger partial charge in [-0.25, -0.2) is 0 Å². The van der Waals surface area contributed by atoms with Gasteiger partial charge in [0.25, 0.3) is 11.8 Å². The Morgan fingerprint density at radius 3 is 2.32 bits per heavy atom. The first-order valence-corrected chi connectivity index (χ1v) is 10.1. The molecule has 0 saturated carbocycles. The predicted molar refractivity (Wildman–Crippen MR) is 121 cm³/mol. The smallest absolute Gasteiger partial charge is 0.265 e. The van der Waals surface area contributed by atoms with Gasteiger partial charge in [0.1, 0.15) is 5.75 Å². The number of carbonyl (C=O) groups is 2. The van der Waals surface area contributed by atoms with Crippen molar-refractivity contribution in [1.29, 1.82) is 0 Å². The molecule has 0 aliphatic carbocycles. The maximum atomic E-state index is 12.5. The average Bonchev–Trinajstić information content (AvgIpc) is 2.80. The lowest BCUT2D eigenvalue weighted by molar-refractivity contribution is -0.122. The van der Waals surface area contributed by atoms with E-state index in [2.05, 4.69) is 10.6 Å². The zero-order chi connectivity index (χ0) is 22.1. The van der Waals surface area contributed by atoms with Crippen molar-refractivity contribution >= 4 is 17.5 Å². The maximum absolute atomic E-state index is 12.5. The molecule has 31 heavy (non-hydrogen) atoms. The monoisotopic (exact) mass is 418 g/mol. The number of anilines is 1.